The van der Waals surface area contributed by atoms with Crippen LogP contribution in [0.5, 0.6) is 0 Å². The van der Waals surface area contributed by atoms with Crippen LogP contribution in [0.15, 0.2) is 0 Å². The Kier molecular flexibility index (Phi) is 4.08. The lowest BCUT2D eigenvalue weighted by Gasteiger charge is -2.38. The minimum absolute atomic E-state index is 0.317. The van der Waals surface area contributed by atoms with Gasteiger partial charge in [0.15, 0.2) is 0 Å². The number of nitrogens with zero attached hydrogens (tertiary/aromatic N) is 1. The van der Waals surface area contributed by atoms with Gasteiger partial charge in [-0.05, 0) is 50.9 Å². The molecule has 1 heterocycles. The highest BCUT2D eigenvalue weighted by Gasteiger charge is 2.38. The molecule has 3 fully saturated rings. The van der Waals surface area contributed by atoms with Crippen molar-refractivity contribution in [1.29, 1.82) is 0 Å². The summed E-state index contributed by atoms with van der Waals surface area (Å²) in [5.41, 5.74) is 5.93. The largest absolute Gasteiger partial charge is 0.374 e. The molecular weight excluding hydrogens is 240 g/mol. The van der Waals surface area contributed by atoms with E-state index in [0.717, 1.165) is 58.1 Å². The van der Waals surface area contributed by atoms with Crippen molar-refractivity contribution in [3.05, 3.63) is 0 Å². The molecule has 2 saturated carbocycles. The normalized spacial score (nSPS) is 39.1. The maximum atomic E-state index is 12.5. The molecule has 2 unspecified atom stereocenters. The van der Waals surface area contributed by atoms with E-state index in [4.69, 9.17) is 10.5 Å². The molecule has 3 rings (SSSR count). The highest BCUT2D eigenvalue weighted by molar-refractivity contribution is 5.77. The highest BCUT2D eigenvalue weighted by Crippen LogP contribution is 2.32. The van der Waals surface area contributed by atoms with Gasteiger partial charge in [0.25, 0.3) is 0 Å². The van der Waals surface area contributed by atoms with E-state index in [-0.39, 0.29) is 0 Å². The number of ether oxygens (including phenoxy) is 1. The average molecular weight is 266 g/mol. The highest BCUT2D eigenvalue weighted by atomic mass is 16.5. The molecule has 19 heavy (non-hydrogen) atoms. The lowest BCUT2D eigenvalue weighted by atomic mass is 9.84. The molecule has 2 aliphatic carbocycles. The summed E-state index contributed by atoms with van der Waals surface area (Å²) in [6.07, 6.45) is 8.96. The zero-order valence-electron chi connectivity index (χ0n) is 11.7. The lowest BCUT2D eigenvalue weighted by molar-refractivity contribution is -0.145. The first-order chi connectivity index (χ1) is 9.24. The summed E-state index contributed by atoms with van der Waals surface area (Å²) in [7, 11) is 0. The average Bonchev–Trinajstić information content (AvgIpc) is 2.89. The molecule has 0 aromatic heterocycles. The SMILES string of the molecule is NC1CCC(CC(=O)N2CCOC3CCCC32)CC1. The van der Waals surface area contributed by atoms with Crippen LogP contribution in [0.25, 0.3) is 0 Å². The monoisotopic (exact) mass is 266 g/mol. The number of morpholine rings is 1. The Labute approximate surface area is 115 Å². The molecule has 0 spiro atoms. The van der Waals surface area contributed by atoms with Gasteiger partial charge in [0.05, 0.1) is 18.8 Å². The Morgan fingerprint density at radius 2 is 1.95 bits per heavy atom. The zero-order chi connectivity index (χ0) is 13.2. The molecule has 0 aromatic carbocycles. The quantitative estimate of drug-likeness (QED) is 0.827. The van der Waals surface area contributed by atoms with Gasteiger partial charge in [0, 0.05) is 19.0 Å². The van der Waals surface area contributed by atoms with E-state index in [2.05, 4.69) is 4.90 Å². The minimum atomic E-state index is 0.317. The molecule has 1 aliphatic heterocycles. The number of rotatable bonds is 2. The molecule has 4 heteroatoms. The molecule has 0 aromatic rings. The van der Waals surface area contributed by atoms with Crippen molar-refractivity contribution < 1.29 is 9.53 Å². The molecule has 2 N–H and O–H groups in total. The van der Waals surface area contributed by atoms with Gasteiger partial charge in [-0.15, -0.1) is 0 Å². The number of nitrogens with two attached hydrogens (primary N) is 1. The van der Waals surface area contributed by atoms with Crippen LogP contribution < -0.4 is 5.73 Å². The summed E-state index contributed by atoms with van der Waals surface area (Å²) in [4.78, 5) is 14.7. The van der Waals surface area contributed by atoms with Crippen LogP contribution in [-0.2, 0) is 9.53 Å². The molecule has 0 radical (unpaired) electrons. The zero-order valence-corrected chi connectivity index (χ0v) is 11.7. The third-order valence-electron chi connectivity index (χ3n) is 5.16. The van der Waals surface area contributed by atoms with E-state index in [1.165, 1.54) is 6.42 Å². The lowest BCUT2D eigenvalue weighted by Crippen LogP contribution is -2.51. The summed E-state index contributed by atoms with van der Waals surface area (Å²) in [5, 5.41) is 0. The van der Waals surface area contributed by atoms with E-state index >= 15 is 0 Å². The molecule has 108 valence electrons. The van der Waals surface area contributed by atoms with E-state index in [1.54, 1.807) is 0 Å². The van der Waals surface area contributed by atoms with Gasteiger partial charge < -0.3 is 15.4 Å². The molecular formula is C15H26N2O2. The molecule has 3 aliphatic rings. The van der Waals surface area contributed by atoms with Gasteiger partial charge in [0.2, 0.25) is 5.91 Å². The van der Waals surface area contributed by atoms with Crippen LogP contribution in [0.4, 0.5) is 0 Å². The second-order valence-corrected chi connectivity index (χ2v) is 6.48. The van der Waals surface area contributed by atoms with Crippen molar-refractivity contribution in [2.24, 2.45) is 11.7 Å². The number of hydrogen-bond acceptors (Lipinski definition) is 3. The Balaban J connectivity index is 1.54. The molecule has 4 nitrogen and oxygen atoms in total. The smallest absolute Gasteiger partial charge is 0.223 e. The Morgan fingerprint density at radius 3 is 2.74 bits per heavy atom. The summed E-state index contributed by atoms with van der Waals surface area (Å²) in [6, 6.07) is 0.737. The maximum absolute atomic E-state index is 12.5. The third kappa shape index (κ3) is 2.95. The fourth-order valence-electron chi connectivity index (χ4n) is 3.99. The van der Waals surface area contributed by atoms with E-state index in [0.29, 0.717) is 30.0 Å². The van der Waals surface area contributed by atoms with Crippen LogP contribution in [0.2, 0.25) is 0 Å². The van der Waals surface area contributed by atoms with Crippen LogP contribution in [-0.4, -0.2) is 42.1 Å². The molecule has 0 bridgehead atoms. The van der Waals surface area contributed by atoms with Crippen molar-refractivity contribution in [2.45, 2.75) is 69.6 Å². The van der Waals surface area contributed by atoms with Gasteiger partial charge in [-0.25, -0.2) is 0 Å². The Bertz CT molecular complexity index is 326. The molecule has 1 saturated heterocycles. The van der Waals surface area contributed by atoms with Gasteiger partial charge in [-0.2, -0.15) is 0 Å². The first kappa shape index (κ1) is 13.4. The van der Waals surface area contributed by atoms with Crippen LogP contribution in [0.1, 0.15) is 51.4 Å². The number of amides is 1. The van der Waals surface area contributed by atoms with Crippen molar-refractivity contribution in [3.63, 3.8) is 0 Å². The summed E-state index contributed by atoms with van der Waals surface area (Å²) >= 11 is 0. The van der Waals surface area contributed by atoms with Crippen molar-refractivity contribution in [1.82, 2.24) is 4.90 Å². The fourth-order valence-corrected chi connectivity index (χ4v) is 3.99. The second kappa shape index (κ2) is 5.80. The number of fused-ring (bicyclic) bond motifs is 1. The number of carbonyl (C=O) groups excluding carboxylic acids is 1. The molecule has 2 atom stereocenters. The van der Waals surface area contributed by atoms with Gasteiger partial charge in [0.1, 0.15) is 0 Å². The third-order valence-corrected chi connectivity index (χ3v) is 5.16. The standard InChI is InChI=1S/C15H26N2O2/c16-12-6-4-11(5-7-12)10-15(18)17-8-9-19-14-3-1-2-13(14)17/h11-14H,1-10,16H2. The topological polar surface area (TPSA) is 55.6 Å². The number of carbonyl (C=O) groups is 1. The van der Waals surface area contributed by atoms with Crippen molar-refractivity contribution in [3.8, 4) is 0 Å². The summed E-state index contributed by atoms with van der Waals surface area (Å²) < 4.78 is 5.78. The van der Waals surface area contributed by atoms with Crippen molar-refractivity contribution in [2.75, 3.05) is 13.2 Å². The van der Waals surface area contributed by atoms with Crippen LogP contribution >= 0.6 is 0 Å². The maximum Gasteiger partial charge on any atom is 0.223 e. The fraction of sp³-hybridized carbons (Fsp3) is 0.933. The van der Waals surface area contributed by atoms with E-state index in [9.17, 15) is 4.79 Å². The summed E-state index contributed by atoms with van der Waals surface area (Å²) in [6.45, 7) is 1.52. The van der Waals surface area contributed by atoms with E-state index in [1.807, 2.05) is 0 Å². The Hall–Kier alpha value is -0.610. The minimum Gasteiger partial charge on any atom is -0.374 e. The first-order valence-electron chi connectivity index (χ1n) is 7.90. The van der Waals surface area contributed by atoms with Crippen molar-refractivity contribution >= 4 is 5.91 Å². The first-order valence-corrected chi connectivity index (χ1v) is 7.90. The van der Waals surface area contributed by atoms with E-state index < -0.39 is 0 Å². The van der Waals surface area contributed by atoms with Gasteiger partial charge >= 0.3 is 0 Å². The molecule has 1 amide bonds. The predicted octanol–water partition coefficient (Wildman–Crippen LogP) is 1.67. The predicted molar refractivity (Wildman–Crippen MR) is 73.6 cm³/mol. The summed E-state index contributed by atoms with van der Waals surface area (Å²) in [5.74, 6) is 0.927. The van der Waals surface area contributed by atoms with Gasteiger partial charge in [-0.1, -0.05) is 0 Å². The number of hydrogen-bond donors (Lipinski definition) is 1. The van der Waals surface area contributed by atoms with Gasteiger partial charge in [-0.3, -0.25) is 4.79 Å². The van der Waals surface area contributed by atoms with Crippen LogP contribution in [0, 0.1) is 5.92 Å². The Morgan fingerprint density at radius 1 is 1.16 bits per heavy atom. The van der Waals surface area contributed by atoms with Crippen LogP contribution in [0.3, 0.4) is 0 Å². The second-order valence-electron chi connectivity index (χ2n) is 6.48.